The molecule has 0 amide bonds. The molecule has 18 heavy (non-hydrogen) atoms. The molecule has 0 fully saturated rings. The lowest BCUT2D eigenvalue weighted by atomic mass is 10.3. The molecule has 0 unspecified atom stereocenters. The first-order valence-corrected chi connectivity index (χ1v) is 4.78. The first-order chi connectivity index (χ1) is 8.59. The second-order valence-corrected chi connectivity index (χ2v) is 3.22. The zero-order valence-corrected chi connectivity index (χ0v) is 8.75. The Hall–Kier alpha value is -2.19. The summed E-state index contributed by atoms with van der Waals surface area (Å²) in [7, 11) is 0. The molecule has 0 aliphatic heterocycles. The smallest absolute Gasteiger partial charge is 0.253 e. The number of anilines is 1. The van der Waals surface area contributed by atoms with E-state index in [0.29, 0.717) is 5.82 Å². The molecule has 2 aromatic rings. The predicted molar refractivity (Wildman–Crippen MR) is 50.6 cm³/mol. The van der Waals surface area contributed by atoms with Gasteiger partial charge in [0.1, 0.15) is 5.69 Å². The summed E-state index contributed by atoms with van der Waals surface area (Å²) in [6.07, 6.45) is 1.25. The van der Waals surface area contributed by atoms with Crippen molar-refractivity contribution in [2.24, 2.45) is 0 Å². The molecule has 0 saturated carbocycles. The largest absolute Gasteiger partial charge is 0.380 e. The van der Waals surface area contributed by atoms with Gasteiger partial charge in [0.2, 0.25) is 18.0 Å². The number of hydrogen-bond donors (Lipinski definition) is 1. The van der Waals surface area contributed by atoms with Crippen molar-refractivity contribution >= 4 is 5.69 Å². The van der Waals surface area contributed by atoms with E-state index in [1.165, 1.54) is 0 Å². The van der Waals surface area contributed by atoms with Gasteiger partial charge in [-0.25, -0.2) is 0 Å². The van der Waals surface area contributed by atoms with Gasteiger partial charge in [-0.05, 0) is 0 Å². The number of rotatable bonds is 4. The van der Waals surface area contributed by atoms with E-state index in [1.807, 2.05) is 0 Å². The summed E-state index contributed by atoms with van der Waals surface area (Å²) in [6, 6.07) is 0. The van der Waals surface area contributed by atoms with Crippen LogP contribution in [0.2, 0.25) is 0 Å². The molecule has 0 radical (unpaired) electrons. The topological polar surface area (TPSA) is 63.8 Å². The van der Waals surface area contributed by atoms with Gasteiger partial charge >= 0.3 is 0 Å². The monoisotopic (exact) mass is 262 g/mol. The summed E-state index contributed by atoms with van der Waals surface area (Å²) >= 11 is 0. The van der Waals surface area contributed by atoms with Gasteiger partial charge in [0.15, 0.2) is 5.82 Å². The summed E-state index contributed by atoms with van der Waals surface area (Å²) in [5.74, 6) is -6.30. The molecular formula is C9H6F4N4O. The van der Waals surface area contributed by atoms with Crippen LogP contribution in [0.4, 0.5) is 23.2 Å². The van der Waals surface area contributed by atoms with Crippen LogP contribution in [0.25, 0.3) is 0 Å². The van der Waals surface area contributed by atoms with Gasteiger partial charge in [0.05, 0.1) is 0 Å². The Morgan fingerprint density at radius 2 is 1.78 bits per heavy atom. The number of pyridine rings is 1. The highest BCUT2D eigenvalue weighted by Gasteiger charge is 2.20. The number of aromatic nitrogens is 3. The van der Waals surface area contributed by atoms with Gasteiger partial charge in [0.25, 0.3) is 11.9 Å². The van der Waals surface area contributed by atoms with E-state index in [-0.39, 0.29) is 13.0 Å². The van der Waals surface area contributed by atoms with Crippen molar-refractivity contribution < 1.29 is 22.1 Å². The summed E-state index contributed by atoms with van der Waals surface area (Å²) in [6.45, 7) is -0.0315. The van der Waals surface area contributed by atoms with Crippen LogP contribution in [0.3, 0.4) is 0 Å². The molecular weight excluding hydrogens is 256 g/mol. The molecule has 2 heterocycles. The quantitative estimate of drug-likeness (QED) is 0.670. The molecule has 0 atom stereocenters. The summed E-state index contributed by atoms with van der Waals surface area (Å²) in [4.78, 5) is 6.09. The van der Waals surface area contributed by atoms with E-state index < -0.39 is 29.2 Å². The molecule has 1 N–H and O–H groups in total. The van der Waals surface area contributed by atoms with Crippen molar-refractivity contribution in [1.29, 1.82) is 0 Å². The number of nitrogens with zero attached hydrogens (tertiary/aromatic N) is 3. The Morgan fingerprint density at radius 3 is 2.33 bits per heavy atom. The van der Waals surface area contributed by atoms with E-state index in [1.54, 1.807) is 0 Å². The zero-order chi connectivity index (χ0) is 13.1. The van der Waals surface area contributed by atoms with Gasteiger partial charge in [-0.1, -0.05) is 5.16 Å². The van der Waals surface area contributed by atoms with Crippen LogP contribution in [0, 0.1) is 23.5 Å². The van der Waals surface area contributed by atoms with Gasteiger partial charge in [-0.3, -0.25) is 0 Å². The Bertz CT molecular complexity index is 520. The molecule has 96 valence electrons. The minimum atomic E-state index is -1.71. The third-order valence-corrected chi connectivity index (χ3v) is 2.05. The van der Waals surface area contributed by atoms with Crippen molar-refractivity contribution in [3.63, 3.8) is 0 Å². The highest BCUT2D eigenvalue weighted by Crippen LogP contribution is 2.21. The number of hydrogen-bond acceptors (Lipinski definition) is 5. The van der Waals surface area contributed by atoms with Crippen molar-refractivity contribution in [1.82, 2.24) is 15.1 Å². The molecule has 0 aromatic carbocycles. The Balaban J connectivity index is 2.09. The normalized spacial score (nSPS) is 10.7. The molecule has 0 saturated heterocycles. The first kappa shape index (κ1) is 12.3. The highest BCUT2D eigenvalue weighted by molar-refractivity contribution is 5.45. The van der Waals surface area contributed by atoms with Gasteiger partial charge in [-0.15, -0.1) is 0 Å². The van der Waals surface area contributed by atoms with Gasteiger partial charge in [0, 0.05) is 13.0 Å². The molecule has 2 aromatic heterocycles. The zero-order valence-electron chi connectivity index (χ0n) is 8.75. The highest BCUT2D eigenvalue weighted by atomic mass is 19.2. The van der Waals surface area contributed by atoms with E-state index >= 15 is 0 Å². The second kappa shape index (κ2) is 4.98. The van der Waals surface area contributed by atoms with Crippen molar-refractivity contribution in [2.45, 2.75) is 6.42 Å². The standard InChI is InChI=1S/C9H6F4N4O/c10-5-7(6(11)9(13)16-8(5)12)14-2-1-4-15-3-18-17-4/h3H,1-2H2,(H,14,16). The van der Waals surface area contributed by atoms with Crippen LogP contribution in [0.5, 0.6) is 0 Å². The maximum atomic E-state index is 13.2. The van der Waals surface area contributed by atoms with E-state index in [0.717, 1.165) is 6.39 Å². The molecule has 0 bridgehead atoms. The summed E-state index contributed by atoms with van der Waals surface area (Å²) in [5.41, 5.74) is -0.913. The van der Waals surface area contributed by atoms with Crippen LogP contribution >= 0.6 is 0 Å². The molecule has 0 spiro atoms. The van der Waals surface area contributed by atoms with Crippen molar-refractivity contribution in [3.05, 3.63) is 35.7 Å². The molecule has 0 aliphatic rings. The Kier molecular flexibility index (Phi) is 3.40. The van der Waals surface area contributed by atoms with Crippen LogP contribution < -0.4 is 5.32 Å². The third-order valence-electron chi connectivity index (χ3n) is 2.05. The van der Waals surface area contributed by atoms with E-state index in [9.17, 15) is 17.6 Å². The average molecular weight is 262 g/mol. The lowest BCUT2D eigenvalue weighted by molar-refractivity contribution is 0.408. The lowest BCUT2D eigenvalue weighted by Gasteiger charge is -2.07. The Labute approximate surface area is 97.8 Å². The third kappa shape index (κ3) is 2.39. The second-order valence-electron chi connectivity index (χ2n) is 3.22. The number of halogens is 4. The minimum Gasteiger partial charge on any atom is -0.380 e. The van der Waals surface area contributed by atoms with Crippen molar-refractivity contribution in [2.75, 3.05) is 11.9 Å². The fraction of sp³-hybridized carbons (Fsp3) is 0.222. The summed E-state index contributed by atoms with van der Waals surface area (Å²) < 4.78 is 56.2. The summed E-state index contributed by atoms with van der Waals surface area (Å²) in [5, 5.41) is 5.66. The van der Waals surface area contributed by atoms with Crippen LogP contribution in [0.1, 0.15) is 5.82 Å². The average Bonchev–Trinajstić information content (AvgIpc) is 2.84. The minimum absolute atomic E-state index is 0.0315. The van der Waals surface area contributed by atoms with E-state index in [4.69, 9.17) is 0 Å². The van der Waals surface area contributed by atoms with E-state index in [2.05, 4.69) is 25.0 Å². The fourth-order valence-corrected chi connectivity index (χ4v) is 1.24. The van der Waals surface area contributed by atoms with Gasteiger partial charge < -0.3 is 9.84 Å². The van der Waals surface area contributed by atoms with Gasteiger partial charge in [-0.2, -0.15) is 27.5 Å². The van der Waals surface area contributed by atoms with Crippen LogP contribution in [-0.4, -0.2) is 21.7 Å². The first-order valence-electron chi connectivity index (χ1n) is 4.78. The maximum Gasteiger partial charge on any atom is 0.253 e. The molecule has 9 heteroatoms. The Morgan fingerprint density at radius 1 is 1.11 bits per heavy atom. The molecule has 5 nitrogen and oxygen atoms in total. The number of nitrogens with one attached hydrogen (secondary N) is 1. The predicted octanol–water partition coefficient (Wildman–Crippen LogP) is 1.68. The fourth-order valence-electron chi connectivity index (χ4n) is 1.24. The maximum absolute atomic E-state index is 13.2. The van der Waals surface area contributed by atoms with Crippen LogP contribution in [-0.2, 0) is 6.42 Å². The SMILES string of the molecule is Fc1nc(F)c(F)c(NCCc2ncon2)c1F. The molecule has 2 rings (SSSR count). The van der Waals surface area contributed by atoms with Crippen LogP contribution in [0.15, 0.2) is 10.9 Å². The lowest BCUT2D eigenvalue weighted by Crippen LogP contribution is -2.12. The molecule has 0 aliphatic carbocycles. The van der Waals surface area contributed by atoms with Crippen molar-refractivity contribution in [3.8, 4) is 0 Å².